The molecule has 0 rings (SSSR count). The molecule has 0 saturated heterocycles. The van der Waals surface area contributed by atoms with Crippen LogP contribution in [0.5, 0.6) is 0 Å². The maximum Gasteiger partial charge on any atom is 0.0478 e. The molecule has 0 heterocycles. The fraction of sp³-hybridized carbons (Fsp3) is 1.00. The molecule has 0 aliphatic heterocycles. The van der Waals surface area contributed by atoms with Crippen LogP contribution < -0.4 is 5.73 Å². The van der Waals surface area contributed by atoms with Crippen molar-refractivity contribution in [3.05, 3.63) is 0 Å². The summed E-state index contributed by atoms with van der Waals surface area (Å²) >= 11 is 0. The molecule has 0 aromatic heterocycles. The van der Waals surface area contributed by atoms with Crippen molar-refractivity contribution >= 4 is 0 Å². The minimum absolute atomic E-state index is 0.745. The second-order valence-corrected chi connectivity index (χ2v) is 4.85. The Balaban J connectivity index is 2.98. The van der Waals surface area contributed by atoms with Crippen LogP contribution in [-0.4, -0.2) is 19.8 Å². The van der Waals surface area contributed by atoms with Gasteiger partial charge in [0.2, 0.25) is 0 Å². The van der Waals surface area contributed by atoms with E-state index < -0.39 is 0 Å². The van der Waals surface area contributed by atoms with Crippen molar-refractivity contribution in [1.29, 1.82) is 0 Å². The van der Waals surface area contributed by atoms with E-state index in [2.05, 4.69) is 13.8 Å². The van der Waals surface area contributed by atoms with E-state index in [1.54, 1.807) is 0 Å². The predicted molar refractivity (Wildman–Crippen MR) is 71.6 cm³/mol. The van der Waals surface area contributed by atoms with Gasteiger partial charge in [-0.1, -0.05) is 52.4 Å². The van der Waals surface area contributed by atoms with Gasteiger partial charge in [0.25, 0.3) is 0 Å². The summed E-state index contributed by atoms with van der Waals surface area (Å²) in [6, 6.07) is 0. The van der Waals surface area contributed by atoms with E-state index in [-0.39, 0.29) is 0 Å². The first-order valence-corrected chi connectivity index (χ1v) is 7.09. The summed E-state index contributed by atoms with van der Waals surface area (Å²) in [6.45, 7) is 7.15. The molecule has 0 radical (unpaired) electrons. The predicted octanol–water partition coefficient (Wildman–Crippen LogP) is 3.74. The van der Waals surface area contributed by atoms with E-state index in [1.165, 1.54) is 44.9 Å². The lowest BCUT2D eigenvalue weighted by atomic mass is 9.98. The average molecular weight is 229 g/mol. The molecule has 0 aromatic rings. The molecule has 2 N–H and O–H groups in total. The van der Waals surface area contributed by atoms with Gasteiger partial charge in [-0.25, -0.2) is 0 Å². The largest absolute Gasteiger partial charge is 0.381 e. The average Bonchev–Trinajstić information content (AvgIpc) is 2.27. The molecular weight excluding hydrogens is 198 g/mol. The van der Waals surface area contributed by atoms with Crippen LogP contribution >= 0.6 is 0 Å². The first-order chi connectivity index (χ1) is 7.81. The Labute approximate surface area is 102 Å². The van der Waals surface area contributed by atoms with Crippen molar-refractivity contribution in [2.75, 3.05) is 19.8 Å². The van der Waals surface area contributed by atoms with Crippen LogP contribution in [0.25, 0.3) is 0 Å². The Morgan fingerprint density at radius 3 is 2.31 bits per heavy atom. The highest BCUT2D eigenvalue weighted by atomic mass is 16.5. The molecular formula is C14H31NO. The molecule has 98 valence electrons. The highest BCUT2D eigenvalue weighted by Gasteiger charge is 1.99. The lowest BCUT2D eigenvalue weighted by molar-refractivity contribution is 0.129. The number of nitrogens with two attached hydrogens (primary N) is 1. The van der Waals surface area contributed by atoms with E-state index in [0.29, 0.717) is 0 Å². The van der Waals surface area contributed by atoms with E-state index in [4.69, 9.17) is 10.5 Å². The van der Waals surface area contributed by atoms with Gasteiger partial charge in [0.1, 0.15) is 0 Å². The summed E-state index contributed by atoms with van der Waals surface area (Å²) < 4.78 is 5.46. The van der Waals surface area contributed by atoms with Gasteiger partial charge < -0.3 is 10.5 Å². The Kier molecular flexibility index (Phi) is 12.9. The highest BCUT2D eigenvalue weighted by molar-refractivity contribution is 4.53. The summed E-state index contributed by atoms with van der Waals surface area (Å²) in [5.74, 6) is 0.922. The second kappa shape index (κ2) is 13.0. The van der Waals surface area contributed by atoms with Gasteiger partial charge in [0, 0.05) is 13.2 Å². The summed E-state index contributed by atoms with van der Waals surface area (Å²) in [5, 5.41) is 0. The van der Waals surface area contributed by atoms with Crippen LogP contribution in [0.3, 0.4) is 0 Å². The summed E-state index contributed by atoms with van der Waals surface area (Å²) in [5.41, 5.74) is 5.38. The van der Waals surface area contributed by atoms with Gasteiger partial charge in [-0.05, 0) is 25.3 Å². The van der Waals surface area contributed by atoms with Crippen molar-refractivity contribution in [2.45, 2.75) is 65.2 Å². The van der Waals surface area contributed by atoms with Gasteiger partial charge in [-0.2, -0.15) is 0 Å². The topological polar surface area (TPSA) is 35.2 Å². The first kappa shape index (κ1) is 15.9. The van der Waals surface area contributed by atoms with Gasteiger partial charge in [0.15, 0.2) is 0 Å². The van der Waals surface area contributed by atoms with Crippen molar-refractivity contribution < 1.29 is 4.74 Å². The lowest BCUT2D eigenvalue weighted by Crippen LogP contribution is -2.05. The molecule has 2 nitrogen and oxygen atoms in total. The van der Waals surface area contributed by atoms with Crippen LogP contribution in [0.1, 0.15) is 65.2 Å². The van der Waals surface area contributed by atoms with Gasteiger partial charge in [0.05, 0.1) is 0 Å². The maximum absolute atomic E-state index is 5.46. The zero-order valence-electron chi connectivity index (χ0n) is 11.3. The number of rotatable bonds is 12. The number of hydrogen-bond donors (Lipinski definition) is 1. The van der Waals surface area contributed by atoms with Gasteiger partial charge in [-0.15, -0.1) is 0 Å². The first-order valence-electron chi connectivity index (χ1n) is 7.09. The standard InChI is InChI=1S/C14H31NO/c1-3-9-14(2)10-6-4-5-7-12-16-13-8-11-15/h14H,3-13,15H2,1-2H3. The molecule has 0 fully saturated rings. The fourth-order valence-corrected chi connectivity index (χ4v) is 1.98. The third-order valence-electron chi connectivity index (χ3n) is 3.01. The smallest absolute Gasteiger partial charge is 0.0478 e. The van der Waals surface area contributed by atoms with Crippen LogP contribution in [0, 0.1) is 5.92 Å². The third-order valence-corrected chi connectivity index (χ3v) is 3.01. The Morgan fingerprint density at radius 2 is 1.62 bits per heavy atom. The minimum Gasteiger partial charge on any atom is -0.381 e. The van der Waals surface area contributed by atoms with Crippen LogP contribution in [0.15, 0.2) is 0 Å². The fourth-order valence-electron chi connectivity index (χ4n) is 1.98. The molecule has 0 bridgehead atoms. The van der Waals surface area contributed by atoms with E-state index in [9.17, 15) is 0 Å². The monoisotopic (exact) mass is 229 g/mol. The molecule has 0 saturated carbocycles. The molecule has 1 unspecified atom stereocenters. The van der Waals surface area contributed by atoms with Crippen molar-refractivity contribution in [1.82, 2.24) is 0 Å². The van der Waals surface area contributed by atoms with E-state index >= 15 is 0 Å². The van der Waals surface area contributed by atoms with Crippen molar-refractivity contribution in [2.24, 2.45) is 11.7 Å². The number of ether oxygens (including phenoxy) is 1. The molecule has 0 aliphatic carbocycles. The van der Waals surface area contributed by atoms with Crippen LogP contribution in [0.4, 0.5) is 0 Å². The zero-order chi connectivity index (χ0) is 12.1. The Morgan fingerprint density at radius 1 is 0.938 bits per heavy atom. The minimum atomic E-state index is 0.745. The van der Waals surface area contributed by atoms with Crippen LogP contribution in [0.2, 0.25) is 0 Å². The number of hydrogen-bond acceptors (Lipinski definition) is 2. The van der Waals surface area contributed by atoms with E-state index in [1.807, 2.05) is 0 Å². The zero-order valence-corrected chi connectivity index (χ0v) is 11.3. The normalized spacial score (nSPS) is 12.9. The third kappa shape index (κ3) is 12.0. The molecule has 0 amide bonds. The molecule has 2 heteroatoms. The van der Waals surface area contributed by atoms with Crippen molar-refractivity contribution in [3.63, 3.8) is 0 Å². The Hall–Kier alpha value is -0.0800. The summed E-state index contributed by atoms with van der Waals surface area (Å²) in [4.78, 5) is 0. The van der Waals surface area contributed by atoms with Crippen molar-refractivity contribution in [3.8, 4) is 0 Å². The second-order valence-electron chi connectivity index (χ2n) is 4.85. The molecule has 1 atom stereocenters. The highest BCUT2D eigenvalue weighted by Crippen LogP contribution is 2.14. The number of unbranched alkanes of at least 4 members (excludes halogenated alkanes) is 3. The molecule has 0 spiro atoms. The summed E-state index contributed by atoms with van der Waals surface area (Å²) in [7, 11) is 0. The lowest BCUT2D eigenvalue weighted by Gasteiger charge is -2.09. The van der Waals surface area contributed by atoms with Gasteiger partial charge in [-0.3, -0.25) is 0 Å². The SMILES string of the molecule is CCCC(C)CCCCCCOCCCN. The van der Waals surface area contributed by atoms with Crippen LogP contribution in [-0.2, 0) is 4.74 Å². The quantitative estimate of drug-likeness (QED) is 0.517. The molecule has 16 heavy (non-hydrogen) atoms. The van der Waals surface area contributed by atoms with E-state index in [0.717, 1.165) is 32.1 Å². The molecule has 0 aromatic carbocycles. The molecule has 0 aliphatic rings. The van der Waals surface area contributed by atoms with Gasteiger partial charge >= 0.3 is 0 Å². The Bertz CT molecular complexity index is 128. The summed E-state index contributed by atoms with van der Waals surface area (Å²) in [6.07, 6.45) is 10.4. The maximum atomic E-state index is 5.46.